The van der Waals surface area contributed by atoms with Crippen LogP contribution in [0.2, 0.25) is 0 Å². The highest BCUT2D eigenvalue weighted by molar-refractivity contribution is 5.83. The smallest absolute Gasteiger partial charge is 0.413 e. The Labute approximate surface area is 240 Å². The Morgan fingerprint density at radius 3 is 1.98 bits per heavy atom. The van der Waals surface area contributed by atoms with Crippen molar-refractivity contribution in [3.63, 3.8) is 0 Å². The number of nitrogens with one attached hydrogen (secondary N) is 1. The number of hydrogen-bond acceptors (Lipinski definition) is 13. The highest BCUT2D eigenvalue weighted by atomic mass is 16.7. The molecule has 2 saturated heterocycles. The highest BCUT2D eigenvalue weighted by Gasteiger charge is 2.28. The number of carbonyl (C=O) groups excluding carboxylic acids is 1. The number of ether oxygens (including phenoxy) is 5. The van der Waals surface area contributed by atoms with Crippen molar-refractivity contribution < 1.29 is 38.7 Å². The molecule has 3 aromatic rings. The SMILES string of the molecule is CC.Nc1ccn([C@@H]2CO[C@H](CO)O2)c(=O)n1.O=C(Nc1ccn([C@@H]2CO[C@H](CO)O2)c(=O)n1)OCc1ccccc1. The number of aliphatic hydroxyl groups excluding tert-OH is 2. The van der Waals surface area contributed by atoms with Gasteiger partial charge in [0.05, 0.1) is 26.4 Å². The maximum Gasteiger partial charge on any atom is 0.413 e. The van der Waals surface area contributed by atoms with Gasteiger partial charge in [0.1, 0.15) is 18.2 Å². The van der Waals surface area contributed by atoms with Crippen molar-refractivity contribution in [2.75, 3.05) is 37.5 Å². The van der Waals surface area contributed by atoms with Crippen molar-refractivity contribution in [1.29, 1.82) is 0 Å². The maximum absolute atomic E-state index is 12.0. The first-order valence-corrected chi connectivity index (χ1v) is 13.0. The molecule has 2 aliphatic heterocycles. The maximum atomic E-state index is 12.0. The Kier molecular flexibility index (Phi) is 12.5. The predicted molar refractivity (Wildman–Crippen MR) is 147 cm³/mol. The van der Waals surface area contributed by atoms with Gasteiger partial charge < -0.3 is 39.6 Å². The Bertz CT molecular complexity index is 1390. The van der Waals surface area contributed by atoms with Gasteiger partial charge in [0.2, 0.25) is 0 Å². The van der Waals surface area contributed by atoms with E-state index >= 15 is 0 Å². The van der Waals surface area contributed by atoms with Crippen LogP contribution in [0, 0.1) is 0 Å². The molecule has 228 valence electrons. The van der Waals surface area contributed by atoms with Crippen LogP contribution in [-0.4, -0.2) is 74.4 Å². The van der Waals surface area contributed by atoms with Crippen molar-refractivity contribution in [3.05, 3.63) is 81.4 Å². The van der Waals surface area contributed by atoms with Crippen molar-refractivity contribution >= 4 is 17.7 Å². The van der Waals surface area contributed by atoms with Gasteiger partial charge in [0.25, 0.3) is 0 Å². The number of nitrogens with two attached hydrogens (primary N) is 1. The van der Waals surface area contributed by atoms with E-state index in [0.717, 1.165) is 5.56 Å². The minimum Gasteiger partial charge on any atom is -0.444 e. The second-order valence-electron chi connectivity index (χ2n) is 8.30. The summed E-state index contributed by atoms with van der Waals surface area (Å²) in [6.45, 7) is 3.90. The van der Waals surface area contributed by atoms with Gasteiger partial charge in [-0.2, -0.15) is 9.97 Å². The highest BCUT2D eigenvalue weighted by Crippen LogP contribution is 2.20. The Morgan fingerprint density at radius 2 is 1.48 bits per heavy atom. The fourth-order valence-corrected chi connectivity index (χ4v) is 3.58. The van der Waals surface area contributed by atoms with E-state index < -0.39 is 42.5 Å². The van der Waals surface area contributed by atoms with Crippen LogP contribution < -0.4 is 22.4 Å². The van der Waals surface area contributed by atoms with Crippen molar-refractivity contribution in [1.82, 2.24) is 19.1 Å². The lowest BCUT2D eigenvalue weighted by molar-refractivity contribution is -0.0993. The number of hydrogen-bond donors (Lipinski definition) is 4. The lowest BCUT2D eigenvalue weighted by Gasteiger charge is -2.12. The van der Waals surface area contributed by atoms with Gasteiger partial charge in [-0.3, -0.25) is 14.5 Å². The molecule has 0 spiro atoms. The van der Waals surface area contributed by atoms with Crippen molar-refractivity contribution in [2.45, 2.75) is 45.5 Å². The lowest BCUT2D eigenvalue weighted by Crippen LogP contribution is -2.29. The number of anilines is 2. The minimum absolute atomic E-state index is 0.0666. The lowest BCUT2D eigenvalue weighted by atomic mass is 10.2. The summed E-state index contributed by atoms with van der Waals surface area (Å²) in [5.74, 6) is 0.228. The molecule has 1 amide bonds. The van der Waals surface area contributed by atoms with E-state index in [1.165, 1.54) is 33.7 Å². The first kappa shape index (κ1) is 32.3. The third kappa shape index (κ3) is 9.16. The van der Waals surface area contributed by atoms with E-state index in [4.69, 9.17) is 39.6 Å². The molecule has 0 saturated carbocycles. The zero-order valence-corrected chi connectivity index (χ0v) is 23.1. The molecule has 0 bridgehead atoms. The molecular weight excluding hydrogens is 556 g/mol. The van der Waals surface area contributed by atoms with Gasteiger partial charge in [0, 0.05) is 12.4 Å². The molecule has 5 rings (SSSR count). The van der Waals surface area contributed by atoms with E-state index in [1.54, 1.807) is 0 Å². The van der Waals surface area contributed by atoms with Gasteiger partial charge >= 0.3 is 17.5 Å². The normalized spacial score (nSPS) is 21.0. The number of aliphatic hydroxyl groups is 2. The molecule has 42 heavy (non-hydrogen) atoms. The quantitative estimate of drug-likeness (QED) is 0.297. The number of amides is 1. The van der Waals surface area contributed by atoms with Crippen LogP contribution in [0.4, 0.5) is 16.4 Å². The number of rotatable bonds is 7. The van der Waals surface area contributed by atoms with Crippen LogP contribution in [0.3, 0.4) is 0 Å². The standard InChI is InChI=1S/C16H17N3O6.C8H11N3O4.C2H6/c20-8-14-23-10-13(25-14)19-7-6-12(17-15(19)21)18-16(22)24-9-11-4-2-1-3-5-11;9-5-1-2-11(8(13)10-5)6-4-14-7(3-12)15-6;1-2/h1-7,13-14,20H,8-10H2,(H,17,18,21,22);1-2,6-7,12H,3-4H2,(H2,9,10,13);1-2H3/t13-,14-;6-,7-;/m00./s1. The first-order chi connectivity index (χ1) is 20.4. The van der Waals surface area contributed by atoms with E-state index in [0.29, 0.717) is 0 Å². The molecule has 2 aromatic heterocycles. The average molecular weight is 591 g/mol. The monoisotopic (exact) mass is 590 g/mol. The molecule has 5 N–H and O–H groups in total. The van der Waals surface area contributed by atoms with Gasteiger partial charge in [0.15, 0.2) is 25.0 Å². The number of carbonyl (C=O) groups is 1. The number of nitrogen functional groups attached to an aromatic ring is 1. The summed E-state index contributed by atoms with van der Waals surface area (Å²) in [4.78, 5) is 42.5. The summed E-state index contributed by atoms with van der Waals surface area (Å²) in [6.07, 6.45) is -0.468. The summed E-state index contributed by atoms with van der Waals surface area (Å²) in [6, 6.07) is 12.1. The fraction of sp³-hybridized carbons (Fsp3) is 0.423. The van der Waals surface area contributed by atoms with Gasteiger partial charge in [-0.15, -0.1) is 0 Å². The number of benzene rings is 1. The van der Waals surface area contributed by atoms with Crippen molar-refractivity contribution in [3.8, 4) is 0 Å². The number of aromatic nitrogens is 4. The molecule has 4 atom stereocenters. The van der Waals surface area contributed by atoms with E-state index in [2.05, 4.69) is 15.3 Å². The fourth-order valence-electron chi connectivity index (χ4n) is 3.58. The summed E-state index contributed by atoms with van der Waals surface area (Å²) < 4.78 is 28.3. The molecule has 2 fully saturated rings. The second kappa shape index (κ2) is 16.3. The third-order valence-electron chi connectivity index (χ3n) is 5.51. The first-order valence-electron chi connectivity index (χ1n) is 13.0. The topological polar surface area (TPSA) is 212 Å². The molecule has 0 aliphatic carbocycles. The molecule has 0 radical (unpaired) electrons. The van der Waals surface area contributed by atoms with Gasteiger partial charge in [-0.05, 0) is 17.7 Å². The molecule has 1 aromatic carbocycles. The predicted octanol–water partition coefficient (Wildman–Crippen LogP) is 0.571. The molecular formula is C26H34N6O10. The van der Waals surface area contributed by atoms with Crippen LogP contribution >= 0.6 is 0 Å². The second-order valence-corrected chi connectivity index (χ2v) is 8.30. The summed E-state index contributed by atoms with van der Waals surface area (Å²) in [5, 5.41) is 20.1. The van der Waals surface area contributed by atoms with Crippen LogP contribution in [0.5, 0.6) is 0 Å². The average Bonchev–Trinajstić information content (AvgIpc) is 3.68. The molecule has 16 heteroatoms. The molecule has 2 aliphatic rings. The van der Waals surface area contributed by atoms with E-state index in [-0.39, 0.29) is 44.7 Å². The summed E-state index contributed by atoms with van der Waals surface area (Å²) in [7, 11) is 0. The minimum atomic E-state index is -0.761. The summed E-state index contributed by atoms with van der Waals surface area (Å²) in [5.41, 5.74) is 5.07. The largest absolute Gasteiger partial charge is 0.444 e. The van der Waals surface area contributed by atoms with Gasteiger partial charge in [-0.1, -0.05) is 44.2 Å². The Hall–Kier alpha value is -4.19. The van der Waals surface area contributed by atoms with E-state index in [9.17, 15) is 14.4 Å². The molecule has 16 nitrogen and oxygen atoms in total. The van der Waals surface area contributed by atoms with E-state index in [1.807, 2.05) is 44.2 Å². The molecule has 0 unspecified atom stereocenters. The molecule has 4 heterocycles. The zero-order chi connectivity index (χ0) is 30.5. The van der Waals surface area contributed by atoms with Crippen molar-refractivity contribution in [2.24, 2.45) is 0 Å². The van der Waals surface area contributed by atoms with Gasteiger partial charge in [-0.25, -0.2) is 14.4 Å². The Balaban J connectivity index is 0.000000243. The zero-order valence-electron chi connectivity index (χ0n) is 23.1. The summed E-state index contributed by atoms with van der Waals surface area (Å²) >= 11 is 0. The van der Waals surface area contributed by atoms with Crippen LogP contribution in [-0.2, 0) is 30.3 Å². The Morgan fingerprint density at radius 1 is 0.929 bits per heavy atom. The van der Waals surface area contributed by atoms with Crippen LogP contribution in [0.25, 0.3) is 0 Å². The van der Waals surface area contributed by atoms with Crippen LogP contribution in [0.1, 0.15) is 31.9 Å². The van der Waals surface area contributed by atoms with Crippen LogP contribution in [0.15, 0.2) is 64.4 Å². The third-order valence-corrected chi connectivity index (χ3v) is 5.51. The number of nitrogens with zero attached hydrogens (tertiary/aromatic N) is 4.